The summed E-state index contributed by atoms with van der Waals surface area (Å²) in [6.07, 6.45) is 1.04. The zero-order valence-electron chi connectivity index (χ0n) is 8.86. The minimum Gasteiger partial charge on any atom is -0.350 e. The van der Waals surface area contributed by atoms with Gasteiger partial charge in [0.25, 0.3) is 0 Å². The lowest BCUT2D eigenvalue weighted by atomic mass is 10.4. The van der Waals surface area contributed by atoms with Gasteiger partial charge in [0.05, 0.1) is 10.9 Å². The molecule has 1 rings (SSSR count). The van der Waals surface area contributed by atoms with Gasteiger partial charge in [-0.2, -0.15) is 0 Å². The summed E-state index contributed by atoms with van der Waals surface area (Å²) in [6.45, 7) is 1.67. The van der Waals surface area contributed by atoms with E-state index in [4.69, 9.17) is 11.6 Å². The summed E-state index contributed by atoms with van der Waals surface area (Å²) in [7, 11) is -3.34. The number of hydrogen-bond donors (Lipinski definition) is 1. The van der Waals surface area contributed by atoms with Gasteiger partial charge in [0.1, 0.15) is 5.25 Å². The number of carbonyl (C=O) groups excluding carboxylic acids is 1. The first-order valence-electron chi connectivity index (χ1n) is 4.51. The molecule has 4 nitrogen and oxygen atoms in total. The maximum atomic E-state index is 11.5. The smallest absolute Gasteiger partial charge is 0.238 e. The maximum absolute atomic E-state index is 11.5. The molecule has 1 heterocycles. The lowest BCUT2D eigenvalue weighted by Crippen LogP contribution is -2.36. The Hall–Kier alpha value is -0.590. The van der Waals surface area contributed by atoms with Crippen LogP contribution in [0.2, 0.25) is 4.34 Å². The number of halogens is 1. The van der Waals surface area contributed by atoms with Crippen LogP contribution < -0.4 is 5.32 Å². The van der Waals surface area contributed by atoms with E-state index in [-0.39, 0.29) is 0 Å². The van der Waals surface area contributed by atoms with E-state index in [9.17, 15) is 13.2 Å². The Bertz CT molecular complexity index is 481. The third-order valence-corrected chi connectivity index (χ3v) is 4.81. The molecule has 0 saturated heterocycles. The molecule has 0 unspecified atom stereocenters. The van der Waals surface area contributed by atoms with Crippen LogP contribution in [0.3, 0.4) is 0 Å². The Balaban J connectivity index is 2.54. The van der Waals surface area contributed by atoms with Crippen LogP contribution in [0.4, 0.5) is 0 Å². The van der Waals surface area contributed by atoms with Crippen molar-refractivity contribution in [3.63, 3.8) is 0 Å². The molecule has 1 aromatic rings. The highest BCUT2D eigenvalue weighted by molar-refractivity contribution is 7.92. The van der Waals surface area contributed by atoms with Crippen LogP contribution in [0.1, 0.15) is 11.8 Å². The largest absolute Gasteiger partial charge is 0.350 e. The minimum atomic E-state index is -3.34. The summed E-state index contributed by atoms with van der Waals surface area (Å²) in [4.78, 5) is 12.3. The number of thiophene rings is 1. The molecule has 1 amide bonds. The SMILES string of the molecule is C[C@H](C(=O)NCc1ccc(Cl)s1)S(C)(=O)=O. The molecule has 1 aromatic heterocycles. The summed E-state index contributed by atoms with van der Waals surface area (Å²) in [6, 6.07) is 3.52. The van der Waals surface area contributed by atoms with E-state index in [0.717, 1.165) is 11.1 Å². The Kier molecular flexibility index (Phi) is 4.35. The predicted octanol–water partition coefficient (Wildman–Crippen LogP) is 1.45. The highest BCUT2D eigenvalue weighted by atomic mass is 35.5. The van der Waals surface area contributed by atoms with E-state index in [2.05, 4.69) is 5.32 Å². The second-order valence-electron chi connectivity index (χ2n) is 3.40. The predicted molar refractivity (Wildman–Crippen MR) is 65.5 cm³/mol. The minimum absolute atomic E-state index is 0.302. The number of nitrogens with one attached hydrogen (secondary N) is 1. The van der Waals surface area contributed by atoms with Crippen molar-refractivity contribution in [2.75, 3.05) is 6.26 Å². The number of rotatable bonds is 4. The lowest BCUT2D eigenvalue weighted by molar-refractivity contribution is -0.120. The molecule has 1 N–H and O–H groups in total. The van der Waals surface area contributed by atoms with Gasteiger partial charge in [-0.1, -0.05) is 11.6 Å². The molecule has 7 heteroatoms. The van der Waals surface area contributed by atoms with E-state index in [0.29, 0.717) is 10.9 Å². The number of amides is 1. The highest BCUT2D eigenvalue weighted by Gasteiger charge is 2.22. The van der Waals surface area contributed by atoms with Gasteiger partial charge in [-0.25, -0.2) is 8.42 Å². The van der Waals surface area contributed by atoms with Crippen molar-refractivity contribution in [1.82, 2.24) is 5.32 Å². The number of sulfone groups is 1. The summed E-state index contributed by atoms with van der Waals surface area (Å²) < 4.78 is 22.9. The van der Waals surface area contributed by atoms with E-state index < -0.39 is 21.0 Å². The van der Waals surface area contributed by atoms with Crippen molar-refractivity contribution >= 4 is 38.7 Å². The molecule has 16 heavy (non-hydrogen) atoms. The van der Waals surface area contributed by atoms with Crippen molar-refractivity contribution in [2.45, 2.75) is 18.7 Å². The molecule has 1 atom stereocenters. The first-order valence-corrected chi connectivity index (χ1v) is 7.66. The molecule has 90 valence electrons. The third-order valence-electron chi connectivity index (χ3n) is 2.08. The summed E-state index contributed by atoms with van der Waals surface area (Å²) in [5.74, 6) is -0.493. The Labute approximate surface area is 104 Å². The quantitative estimate of drug-likeness (QED) is 0.909. The molecule has 0 aromatic carbocycles. The molecule has 0 spiro atoms. The Morgan fingerprint density at radius 3 is 2.62 bits per heavy atom. The fraction of sp³-hybridized carbons (Fsp3) is 0.444. The average Bonchev–Trinajstić information content (AvgIpc) is 2.58. The normalized spacial score (nSPS) is 13.4. The van der Waals surface area contributed by atoms with Gasteiger partial charge in [-0.15, -0.1) is 11.3 Å². The van der Waals surface area contributed by atoms with Gasteiger partial charge in [-0.05, 0) is 19.1 Å². The Morgan fingerprint density at radius 2 is 2.19 bits per heavy atom. The van der Waals surface area contributed by atoms with Crippen molar-refractivity contribution in [2.24, 2.45) is 0 Å². The fourth-order valence-electron chi connectivity index (χ4n) is 0.959. The van der Waals surface area contributed by atoms with Crippen LogP contribution >= 0.6 is 22.9 Å². The van der Waals surface area contributed by atoms with Gasteiger partial charge >= 0.3 is 0 Å². The monoisotopic (exact) mass is 281 g/mol. The van der Waals surface area contributed by atoms with Crippen LogP contribution in [0, 0.1) is 0 Å². The van der Waals surface area contributed by atoms with Crippen LogP contribution in [-0.4, -0.2) is 25.8 Å². The Morgan fingerprint density at radius 1 is 1.56 bits per heavy atom. The first-order chi connectivity index (χ1) is 7.30. The zero-order valence-corrected chi connectivity index (χ0v) is 11.2. The number of hydrogen-bond acceptors (Lipinski definition) is 4. The molecule has 0 fully saturated rings. The van der Waals surface area contributed by atoms with Crippen molar-refractivity contribution in [1.29, 1.82) is 0 Å². The van der Waals surface area contributed by atoms with E-state index in [1.165, 1.54) is 18.3 Å². The average molecular weight is 282 g/mol. The molecule has 0 bridgehead atoms. The van der Waals surface area contributed by atoms with Crippen LogP contribution in [-0.2, 0) is 21.2 Å². The van der Waals surface area contributed by atoms with E-state index in [1.807, 2.05) is 0 Å². The van der Waals surface area contributed by atoms with Crippen LogP contribution in [0.5, 0.6) is 0 Å². The molecule has 0 saturated carbocycles. The summed E-state index contributed by atoms with van der Waals surface area (Å²) in [5.41, 5.74) is 0. The van der Waals surface area contributed by atoms with Gasteiger partial charge < -0.3 is 5.32 Å². The molecular formula is C9H12ClNO3S2. The van der Waals surface area contributed by atoms with E-state index in [1.54, 1.807) is 12.1 Å². The van der Waals surface area contributed by atoms with Crippen LogP contribution in [0.15, 0.2) is 12.1 Å². The molecule has 0 radical (unpaired) electrons. The van der Waals surface area contributed by atoms with Gasteiger partial charge in [0.15, 0.2) is 9.84 Å². The fourth-order valence-corrected chi connectivity index (χ4v) is 2.46. The number of carbonyl (C=O) groups is 1. The topological polar surface area (TPSA) is 63.2 Å². The van der Waals surface area contributed by atoms with Gasteiger partial charge in [0.2, 0.25) is 5.91 Å². The van der Waals surface area contributed by atoms with Crippen molar-refractivity contribution in [3.8, 4) is 0 Å². The standard InChI is InChI=1S/C9H12ClNO3S2/c1-6(16(2,13)14)9(12)11-5-7-3-4-8(10)15-7/h3-4,6H,5H2,1-2H3,(H,11,12)/t6-/m1/s1. The lowest BCUT2D eigenvalue weighted by Gasteiger charge is -2.09. The second kappa shape index (κ2) is 5.16. The first kappa shape index (κ1) is 13.5. The molecular weight excluding hydrogens is 270 g/mol. The van der Waals surface area contributed by atoms with E-state index >= 15 is 0 Å². The van der Waals surface area contributed by atoms with Crippen LogP contribution in [0.25, 0.3) is 0 Å². The summed E-state index contributed by atoms with van der Waals surface area (Å²) >= 11 is 7.07. The molecule has 0 aliphatic rings. The zero-order chi connectivity index (χ0) is 12.3. The van der Waals surface area contributed by atoms with Crippen molar-refractivity contribution in [3.05, 3.63) is 21.3 Å². The highest BCUT2D eigenvalue weighted by Crippen LogP contribution is 2.21. The van der Waals surface area contributed by atoms with Crippen molar-refractivity contribution < 1.29 is 13.2 Å². The third kappa shape index (κ3) is 3.77. The van der Waals surface area contributed by atoms with Gasteiger partial charge in [-0.3, -0.25) is 4.79 Å². The molecule has 0 aliphatic carbocycles. The molecule has 0 aliphatic heterocycles. The van der Waals surface area contributed by atoms with Gasteiger partial charge in [0, 0.05) is 11.1 Å². The summed E-state index contributed by atoms with van der Waals surface area (Å²) in [5, 5.41) is 1.53. The maximum Gasteiger partial charge on any atom is 0.238 e. The second-order valence-corrected chi connectivity index (χ2v) is 7.56.